The first-order chi connectivity index (χ1) is 9.58. The smallest absolute Gasteiger partial charge is 0.224 e. The van der Waals surface area contributed by atoms with E-state index in [4.69, 9.17) is 11.6 Å². The van der Waals surface area contributed by atoms with E-state index in [9.17, 15) is 14.3 Å². The zero-order valence-corrected chi connectivity index (χ0v) is 12.0. The van der Waals surface area contributed by atoms with Crippen molar-refractivity contribution in [2.45, 2.75) is 50.7 Å². The lowest BCUT2D eigenvalue weighted by molar-refractivity contribution is -0.122. The van der Waals surface area contributed by atoms with E-state index in [0.717, 1.165) is 25.7 Å². The molecule has 0 aliphatic heterocycles. The minimum absolute atomic E-state index is 0.102. The second-order valence-corrected chi connectivity index (χ2v) is 5.66. The van der Waals surface area contributed by atoms with Gasteiger partial charge in [0, 0.05) is 10.6 Å². The maximum atomic E-state index is 13.6. The van der Waals surface area contributed by atoms with Crippen LogP contribution < -0.4 is 5.32 Å². The van der Waals surface area contributed by atoms with Gasteiger partial charge in [-0.25, -0.2) is 4.39 Å². The molecule has 20 heavy (non-hydrogen) atoms. The van der Waals surface area contributed by atoms with Crippen LogP contribution in [0.5, 0.6) is 0 Å². The molecule has 2 unspecified atom stereocenters. The highest BCUT2D eigenvalue weighted by Gasteiger charge is 2.23. The number of hydrogen-bond acceptors (Lipinski definition) is 2. The maximum absolute atomic E-state index is 13.6. The lowest BCUT2D eigenvalue weighted by Crippen LogP contribution is -2.43. The SMILES string of the molecule is O=C(Cc1c(F)cccc1Cl)NC1CCCCCC1O. The van der Waals surface area contributed by atoms with Crippen LogP contribution in [0.15, 0.2) is 18.2 Å². The quantitative estimate of drug-likeness (QED) is 0.843. The van der Waals surface area contributed by atoms with Gasteiger partial charge in [0.15, 0.2) is 0 Å². The summed E-state index contributed by atoms with van der Waals surface area (Å²) < 4.78 is 13.6. The van der Waals surface area contributed by atoms with E-state index in [2.05, 4.69) is 5.32 Å². The summed E-state index contributed by atoms with van der Waals surface area (Å²) in [6, 6.07) is 4.12. The van der Waals surface area contributed by atoms with Gasteiger partial charge >= 0.3 is 0 Å². The molecule has 2 rings (SSSR count). The number of aliphatic hydroxyl groups excluding tert-OH is 1. The number of amides is 1. The minimum atomic E-state index is -0.516. The van der Waals surface area contributed by atoms with Crippen LogP contribution in [0.1, 0.15) is 37.7 Å². The monoisotopic (exact) mass is 299 g/mol. The summed E-state index contributed by atoms with van der Waals surface area (Å²) in [6.45, 7) is 0. The molecule has 2 atom stereocenters. The zero-order valence-electron chi connectivity index (χ0n) is 11.2. The molecular formula is C15H19ClFNO2. The van der Waals surface area contributed by atoms with Gasteiger partial charge in [-0.05, 0) is 25.0 Å². The van der Waals surface area contributed by atoms with Crippen molar-refractivity contribution in [1.82, 2.24) is 5.32 Å². The van der Waals surface area contributed by atoms with Gasteiger partial charge in [0.1, 0.15) is 5.82 Å². The van der Waals surface area contributed by atoms with Crippen molar-refractivity contribution in [1.29, 1.82) is 0 Å². The fourth-order valence-corrected chi connectivity index (χ4v) is 2.81. The van der Waals surface area contributed by atoms with Crippen LogP contribution in [0.2, 0.25) is 5.02 Å². The van der Waals surface area contributed by atoms with E-state index in [-0.39, 0.29) is 29.0 Å². The molecule has 1 saturated carbocycles. The molecule has 1 aromatic rings. The minimum Gasteiger partial charge on any atom is -0.391 e. The van der Waals surface area contributed by atoms with Crippen LogP contribution in [0.4, 0.5) is 4.39 Å². The molecule has 1 fully saturated rings. The van der Waals surface area contributed by atoms with Crippen molar-refractivity contribution >= 4 is 17.5 Å². The Kier molecular flexibility index (Phi) is 5.38. The van der Waals surface area contributed by atoms with Gasteiger partial charge in [-0.2, -0.15) is 0 Å². The van der Waals surface area contributed by atoms with Gasteiger partial charge in [-0.3, -0.25) is 4.79 Å². The number of benzene rings is 1. The van der Waals surface area contributed by atoms with Gasteiger partial charge in [0.05, 0.1) is 18.6 Å². The standard InChI is InChI=1S/C15H19ClFNO2/c16-11-5-4-6-12(17)10(11)9-15(20)18-13-7-2-1-3-8-14(13)19/h4-6,13-14,19H,1-3,7-9H2,(H,18,20). The third kappa shape index (κ3) is 3.93. The molecule has 1 amide bonds. The Hall–Kier alpha value is -1.13. The van der Waals surface area contributed by atoms with E-state index in [1.807, 2.05) is 0 Å². The number of nitrogens with one attached hydrogen (secondary N) is 1. The van der Waals surface area contributed by atoms with Crippen LogP contribution in [0.3, 0.4) is 0 Å². The second-order valence-electron chi connectivity index (χ2n) is 5.26. The average Bonchev–Trinajstić information content (AvgIpc) is 2.60. The molecule has 5 heteroatoms. The molecular weight excluding hydrogens is 281 g/mol. The number of rotatable bonds is 3. The molecule has 3 nitrogen and oxygen atoms in total. The summed E-state index contributed by atoms with van der Waals surface area (Å²) in [4.78, 5) is 12.0. The van der Waals surface area contributed by atoms with E-state index in [1.54, 1.807) is 6.07 Å². The van der Waals surface area contributed by atoms with Gasteiger partial charge in [0.2, 0.25) is 5.91 Å². The van der Waals surface area contributed by atoms with E-state index < -0.39 is 11.9 Å². The summed E-state index contributed by atoms with van der Waals surface area (Å²) >= 11 is 5.90. The van der Waals surface area contributed by atoms with Gasteiger partial charge in [-0.15, -0.1) is 0 Å². The van der Waals surface area contributed by atoms with Crippen LogP contribution >= 0.6 is 11.6 Å². The van der Waals surface area contributed by atoms with Crippen molar-refractivity contribution in [2.24, 2.45) is 0 Å². The molecule has 0 spiro atoms. The Morgan fingerprint density at radius 2 is 2.10 bits per heavy atom. The predicted octanol–water partition coefficient (Wildman–Crippen LogP) is 2.83. The van der Waals surface area contributed by atoms with Crippen LogP contribution in [0, 0.1) is 5.82 Å². The molecule has 110 valence electrons. The molecule has 0 radical (unpaired) electrons. The number of aliphatic hydroxyl groups is 1. The largest absolute Gasteiger partial charge is 0.391 e. The number of carbonyl (C=O) groups is 1. The first-order valence-corrected chi connectivity index (χ1v) is 7.36. The third-order valence-electron chi connectivity index (χ3n) is 3.72. The van der Waals surface area contributed by atoms with Gasteiger partial charge in [0.25, 0.3) is 0 Å². The molecule has 1 aliphatic carbocycles. The zero-order chi connectivity index (χ0) is 14.5. The van der Waals surface area contributed by atoms with Crippen molar-refractivity contribution < 1.29 is 14.3 Å². The lowest BCUT2D eigenvalue weighted by atomic mass is 10.1. The van der Waals surface area contributed by atoms with Crippen molar-refractivity contribution in [3.63, 3.8) is 0 Å². The van der Waals surface area contributed by atoms with Crippen LogP contribution in [-0.2, 0) is 11.2 Å². The number of halogens is 2. The third-order valence-corrected chi connectivity index (χ3v) is 4.08. The maximum Gasteiger partial charge on any atom is 0.224 e. The van der Waals surface area contributed by atoms with E-state index >= 15 is 0 Å². The molecule has 0 saturated heterocycles. The molecule has 1 aliphatic rings. The highest BCUT2D eigenvalue weighted by molar-refractivity contribution is 6.31. The van der Waals surface area contributed by atoms with E-state index in [0.29, 0.717) is 6.42 Å². The predicted molar refractivity (Wildman–Crippen MR) is 76.1 cm³/mol. The topological polar surface area (TPSA) is 49.3 Å². The highest BCUT2D eigenvalue weighted by atomic mass is 35.5. The van der Waals surface area contributed by atoms with Gasteiger partial charge < -0.3 is 10.4 Å². The second kappa shape index (κ2) is 7.04. The molecule has 0 bridgehead atoms. The Bertz CT molecular complexity index is 461. The molecule has 0 aromatic heterocycles. The summed E-state index contributed by atoms with van der Waals surface area (Å²) in [7, 11) is 0. The number of hydrogen-bond donors (Lipinski definition) is 2. The Balaban J connectivity index is 1.98. The Morgan fingerprint density at radius 3 is 2.85 bits per heavy atom. The fourth-order valence-electron chi connectivity index (χ4n) is 2.58. The van der Waals surface area contributed by atoms with Gasteiger partial charge in [-0.1, -0.05) is 36.9 Å². The van der Waals surface area contributed by atoms with Crippen LogP contribution in [-0.4, -0.2) is 23.2 Å². The molecule has 1 aromatic carbocycles. The fraction of sp³-hybridized carbons (Fsp3) is 0.533. The Morgan fingerprint density at radius 1 is 1.35 bits per heavy atom. The summed E-state index contributed by atoms with van der Waals surface area (Å²) in [5, 5.41) is 13.0. The molecule has 0 heterocycles. The van der Waals surface area contributed by atoms with Crippen molar-refractivity contribution in [3.8, 4) is 0 Å². The highest BCUT2D eigenvalue weighted by Crippen LogP contribution is 2.21. The normalized spacial score (nSPS) is 23.1. The van der Waals surface area contributed by atoms with E-state index in [1.165, 1.54) is 12.1 Å². The Labute approximate surface area is 123 Å². The van der Waals surface area contributed by atoms with Crippen molar-refractivity contribution in [3.05, 3.63) is 34.6 Å². The van der Waals surface area contributed by atoms with Crippen molar-refractivity contribution in [2.75, 3.05) is 0 Å². The first kappa shape index (κ1) is 15.3. The molecule has 2 N–H and O–H groups in total. The van der Waals surface area contributed by atoms with Crippen LogP contribution in [0.25, 0.3) is 0 Å². The lowest BCUT2D eigenvalue weighted by Gasteiger charge is -2.22. The summed E-state index contributed by atoms with van der Waals surface area (Å²) in [5.41, 5.74) is 0.203. The summed E-state index contributed by atoms with van der Waals surface area (Å²) in [5.74, 6) is -0.781. The summed E-state index contributed by atoms with van der Waals surface area (Å²) in [6.07, 6.45) is 3.88. The average molecular weight is 300 g/mol. The first-order valence-electron chi connectivity index (χ1n) is 6.98. The number of carbonyl (C=O) groups excluding carboxylic acids is 1.